The van der Waals surface area contributed by atoms with E-state index >= 15 is 0 Å². The Hall–Kier alpha value is -1.12. The van der Waals surface area contributed by atoms with E-state index in [0.717, 1.165) is 12.1 Å². The first-order chi connectivity index (χ1) is 6.93. The summed E-state index contributed by atoms with van der Waals surface area (Å²) in [7, 11) is 0. The van der Waals surface area contributed by atoms with Crippen molar-refractivity contribution in [3.63, 3.8) is 0 Å². The van der Waals surface area contributed by atoms with Gasteiger partial charge in [0.2, 0.25) is 0 Å². The van der Waals surface area contributed by atoms with Crippen molar-refractivity contribution in [1.29, 1.82) is 0 Å². The molecule has 0 aliphatic heterocycles. The Bertz CT molecular complexity index is 364. The predicted octanol–water partition coefficient (Wildman–Crippen LogP) is 2.60. The van der Waals surface area contributed by atoms with E-state index in [2.05, 4.69) is 25.9 Å². The molecule has 0 amide bonds. The quantitative estimate of drug-likeness (QED) is 0.762. The molecule has 84 valence electrons. The topological polar surface area (TPSA) is 34.9 Å². The van der Waals surface area contributed by atoms with E-state index in [-0.39, 0.29) is 5.78 Å². The third kappa shape index (κ3) is 2.67. The molecule has 0 unspecified atom stereocenters. The minimum atomic E-state index is 0.242. The molecule has 1 aromatic rings. The average Bonchev–Trinajstić information content (AvgIpc) is 2.39. The molecule has 0 fully saturated rings. The molecule has 0 saturated carbocycles. The average molecular weight is 208 g/mol. The van der Waals surface area contributed by atoms with E-state index in [4.69, 9.17) is 0 Å². The first-order valence-corrected chi connectivity index (χ1v) is 5.47. The number of Topliss-reactive ketones (excluding diaryl/α,β-unsaturated/α-hetero) is 1. The van der Waals surface area contributed by atoms with Crippen molar-refractivity contribution in [1.82, 2.24) is 9.78 Å². The molecule has 3 heteroatoms. The molecule has 0 aliphatic carbocycles. The fourth-order valence-corrected chi connectivity index (χ4v) is 1.86. The van der Waals surface area contributed by atoms with Crippen molar-refractivity contribution >= 4 is 5.78 Å². The molecule has 1 aromatic heterocycles. The second-order valence-corrected chi connectivity index (χ2v) is 4.39. The van der Waals surface area contributed by atoms with Gasteiger partial charge in [0.25, 0.3) is 0 Å². The normalized spacial score (nSPS) is 11.1. The van der Waals surface area contributed by atoms with Gasteiger partial charge in [-0.25, -0.2) is 0 Å². The van der Waals surface area contributed by atoms with E-state index in [9.17, 15) is 4.79 Å². The largest absolute Gasteiger partial charge is 0.300 e. The Morgan fingerprint density at radius 1 is 1.40 bits per heavy atom. The second kappa shape index (κ2) is 4.60. The molecule has 0 bridgehead atoms. The van der Waals surface area contributed by atoms with E-state index in [1.807, 2.05) is 11.6 Å². The molecular formula is C12H20N2O. The minimum absolute atomic E-state index is 0.242. The number of ketones is 1. The Kier molecular flexibility index (Phi) is 3.66. The molecule has 15 heavy (non-hydrogen) atoms. The fraction of sp³-hybridized carbons (Fsp3) is 0.667. The molecular weight excluding hydrogens is 188 g/mol. The van der Waals surface area contributed by atoms with Gasteiger partial charge < -0.3 is 4.79 Å². The number of hydrogen-bond acceptors (Lipinski definition) is 2. The molecule has 0 atom stereocenters. The summed E-state index contributed by atoms with van der Waals surface area (Å²) >= 11 is 0. The number of hydrogen-bond donors (Lipinski definition) is 0. The van der Waals surface area contributed by atoms with Gasteiger partial charge in [0.15, 0.2) is 0 Å². The van der Waals surface area contributed by atoms with Gasteiger partial charge in [0.1, 0.15) is 5.78 Å². The van der Waals surface area contributed by atoms with Crippen molar-refractivity contribution in [2.75, 3.05) is 0 Å². The Balaban J connectivity index is 2.92. The first-order valence-electron chi connectivity index (χ1n) is 5.47. The van der Waals surface area contributed by atoms with E-state index in [0.29, 0.717) is 12.5 Å². The Morgan fingerprint density at radius 3 is 2.40 bits per heavy atom. The SMILES string of the molecule is CC(=O)CCc1c(C)nn(C(C)C)c1C. The molecule has 0 saturated heterocycles. The van der Waals surface area contributed by atoms with E-state index < -0.39 is 0 Å². The summed E-state index contributed by atoms with van der Waals surface area (Å²) in [6.07, 6.45) is 1.44. The third-order valence-corrected chi connectivity index (χ3v) is 2.69. The zero-order valence-electron chi connectivity index (χ0n) is 10.3. The lowest BCUT2D eigenvalue weighted by Gasteiger charge is -2.08. The molecule has 1 rings (SSSR count). The molecule has 0 N–H and O–H groups in total. The second-order valence-electron chi connectivity index (χ2n) is 4.39. The van der Waals surface area contributed by atoms with Crippen LogP contribution in [0.5, 0.6) is 0 Å². The fourth-order valence-electron chi connectivity index (χ4n) is 1.86. The number of aromatic nitrogens is 2. The molecule has 0 aromatic carbocycles. The van der Waals surface area contributed by atoms with Crippen molar-refractivity contribution in [2.24, 2.45) is 0 Å². The van der Waals surface area contributed by atoms with Crippen molar-refractivity contribution < 1.29 is 4.79 Å². The van der Waals surface area contributed by atoms with E-state index in [1.165, 1.54) is 11.3 Å². The highest BCUT2D eigenvalue weighted by Gasteiger charge is 2.13. The maximum Gasteiger partial charge on any atom is 0.130 e. The summed E-state index contributed by atoms with van der Waals surface area (Å²) < 4.78 is 2.03. The lowest BCUT2D eigenvalue weighted by Crippen LogP contribution is -2.05. The maximum absolute atomic E-state index is 11.0. The lowest BCUT2D eigenvalue weighted by molar-refractivity contribution is -0.116. The summed E-state index contributed by atoms with van der Waals surface area (Å²) in [4.78, 5) is 11.0. The molecule has 0 spiro atoms. The number of carbonyl (C=O) groups excluding carboxylic acids is 1. The van der Waals surface area contributed by atoms with Crippen LogP contribution in [0.25, 0.3) is 0 Å². The van der Waals surface area contributed by atoms with Gasteiger partial charge in [-0.15, -0.1) is 0 Å². The van der Waals surface area contributed by atoms with Crippen LogP contribution in [0.4, 0.5) is 0 Å². The van der Waals surface area contributed by atoms with Crippen LogP contribution in [-0.4, -0.2) is 15.6 Å². The summed E-state index contributed by atoms with van der Waals surface area (Å²) in [5.41, 5.74) is 3.49. The van der Waals surface area contributed by atoms with Crippen LogP contribution in [0.2, 0.25) is 0 Å². The first kappa shape index (κ1) is 12.0. The smallest absolute Gasteiger partial charge is 0.130 e. The summed E-state index contributed by atoms with van der Waals surface area (Å²) in [5, 5.41) is 4.49. The number of rotatable bonds is 4. The summed E-state index contributed by atoms with van der Waals surface area (Å²) in [6.45, 7) is 9.97. The monoisotopic (exact) mass is 208 g/mol. The van der Waals surface area contributed by atoms with Crippen LogP contribution in [0.15, 0.2) is 0 Å². The van der Waals surface area contributed by atoms with Gasteiger partial charge in [0, 0.05) is 18.2 Å². The third-order valence-electron chi connectivity index (χ3n) is 2.69. The highest BCUT2D eigenvalue weighted by molar-refractivity contribution is 5.75. The minimum Gasteiger partial charge on any atom is -0.300 e. The summed E-state index contributed by atoms with van der Waals surface area (Å²) in [5.74, 6) is 0.242. The number of nitrogens with zero attached hydrogens (tertiary/aromatic N) is 2. The zero-order valence-corrected chi connectivity index (χ0v) is 10.3. The molecule has 1 heterocycles. The molecule has 0 aliphatic rings. The number of aryl methyl sites for hydroxylation is 1. The van der Waals surface area contributed by atoms with Crippen molar-refractivity contribution in [3.8, 4) is 0 Å². The Morgan fingerprint density at radius 2 is 2.00 bits per heavy atom. The highest BCUT2D eigenvalue weighted by atomic mass is 16.1. The van der Waals surface area contributed by atoms with Crippen LogP contribution < -0.4 is 0 Å². The van der Waals surface area contributed by atoms with Gasteiger partial charge in [-0.05, 0) is 46.6 Å². The Labute approximate surface area is 91.5 Å². The van der Waals surface area contributed by atoms with Gasteiger partial charge in [-0.3, -0.25) is 4.68 Å². The van der Waals surface area contributed by atoms with Gasteiger partial charge in [0.05, 0.1) is 5.69 Å². The van der Waals surface area contributed by atoms with Crippen molar-refractivity contribution in [3.05, 3.63) is 17.0 Å². The predicted molar refractivity (Wildman–Crippen MR) is 61.1 cm³/mol. The summed E-state index contributed by atoms with van der Waals surface area (Å²) in [6, 6.07) is 0.384. The van der Waals surface area contributed by atoms with E-state index in [1.54, 1.807) is 6.92 Å². The van der Waals surface area contributed by atoms with Crippen molar-refractivity contribution in [2.45, 2.75) is 53.5 Å². The lowest BCUT2D eigenvalue weighted by atomic mass is 10.1. The van der Waals surface area contributed by atoms with Crippen LogP contribution in [0, 0.1) is 13.8 Å². The molecule has 3 nitrogen and oxygen atoms in total. The van der Waals surface area contributed by atoms with Crippen LogP contribution in [0.1, 0.15) is 50.2 Å². The zero-order chi connectivity index (χ0) is 11.6. The van der Waals surface area contributed by atoms with Gasteiger partial charge >= 0.3 is 0 Å². The number of carbonyl (C=O) groups is 1. The van der Waals surface area contributed by atoms with Gasteiger partial charge in [-0.2, -0.15) is 5.10 Å². The standard InChI is InChI=1S/C12H20N2O/c1-8(2)14-11(5)12(10(4)13-14)7-6-9(3)15/h8H,6-7H2,1-5H3. The van der Waals surface area contributed by atoms with Crippen LogP contribution in [0.3, 0.4) is 0 Å². The highest BCUT2D eigenvalue weighted by Crippen LogP contribution is 2.18. The van der Waals surface area contributed by atoms with Crippen LogP contribution in [-0.2, 0) is 11.2 Å². The van der Waals surface area contributed by atoms with Gasteiger partial charge in [-0.1, -0.05) is 0 Å². The molecule has 0 radical (unpaired) electrons. The maximum atomic E-state index is 11.0. The van der Waals surface area contributed by atoms with Crippen LogP contribution >= 0.6 is 0 Å².